The van der Waals surface area contributed by atoms with E-state index >= 15 is 0 Å². The lowest BCUT2D eigenvalue weighted by molar-refractivity contribution is -0.122. The Labute approximate surface area is 239 Å². The molecule has 1 fully saturated rings. The number of aromatic nitrogens is 3. The molecule has 41 heavy (non-hydrogen) atoms. The molecular formula is C27H37FN6O6Si. The van der Waals surface area contributed by atoms with E-state index in [0.29, 0.717) is 25.0 Å². The molecule has 2 N–H and O–H groups in total. The summed E-state index contributed by atoms with van der Waals surface area (Å²) in [7, 11) is -1.29. The summed E-state index contributed by atoms with van der Waals surface area (Å²) in [5.41, 5.74) is 2.43. The van der Waals surface area contributed by atoms with Crippen molar-refractivity contribution in [1.29, 1.82) is 0 Å². The van der Waals surface area contributed by atoms with Crippen molar-refractivity contribution in [3.8, 4) is 5.88 Å². The molecule has 2 aromatic rings. The zero-order valence-corrected chi connectivity index (χ0v) is 24.9. The molecular weight excluding hydrogens is 551 g/mol. The third-order valence-corrected chi connectivity index (χ3v) is 9.21. The minimum Gasteiger partial charge on any atom is -0.465 e. The summed E-state index contributed by atoms with van der Waals surface area (Å²) in [6.07, 6.45) is 2.07. The Kier molecular flexibility index (Phi) is 8.54. The van der Waals surface area contributed by atoms with Crippen molar-refractivity contribution in [3.05, 3.63) is 35.0 Å². The number of aryl methyl sites for hydroxylation is 1. The third kappa shape index (κ3) is 6.82. The van der Waals surface area contributed by atoms with Crippen LogP contribution in [0.1, 0.15) is 23.2 Å². The molecule has 0 radical (unpaired) electrons. The molecule has 0 saturated carbocycles. The fourth-order valence-electron chi connectivity index (χ4n) is 5.15. The van der Waals surface area contributed by atoms with Gasteiger partial charge in [-0.3, -0.25) is 19.6 Å². The highest BCUT2D eigenvalue weighted by molar-refractivity contribution is 6.76. The van der Waals surface area contributed by atoms with E-state index in [2.05, 4.69) is 39.9 Å². The van der Waals surface area contributed by atoms with Crippen LogP contribution in [0.3, 0.4) is 0 Å². The molecule has 0 spiro atoms. The van der Waals surface area contributed by atoms with Crippen LogP contribution in [-0.2, 0) is 27.1 Å². The van der Waals surface area contributed by atoms with Crippen LogP contribution < -0.4 is 19.9 Å². The number of halogens is 1. The summed E-state index contributed by atoms with van der Waals surface area (Å²) >= 11 is 0. The van der Waals surface area contributed by atoms with E-state index < -0.39 is 26.4 Å². The van der Waals surface area contributed by atoms with Crippen LogP contribution in [0.15, 0.2) is 12.4 Å². The second kappa shape index (κ2) is 12.0. The second-order valence-corrected chi connectivity index (χ2v) is 17.6. The minimum atomic E-state index is -1.29. The Balaban J connectivity index is 1.15. The first-order valence-corrected chi connectivity index (χ1v) is 17.6. The van der Waals surface area contributed by atoms with Crippen LogP contribution >= 0.6 is 0 Å². The first-order valence-electron chi connectivity index (χ1n) is 13.9. The molecule has 12 nitrogen and oxygen atoms in total. The molecule has 2 aromatic heterocycles. The molecule has 3 unspecified atom stereocenters. The fraction of sp³-hybridized carbons (Fsp3) is 0.593. The lowest BCUT2D eigenvalue weighted by Crippen LogP contribution is -2.42. The van der Waals surface area contributed by atoms with Gasteiger partial charge in [0.1, 0.15) is 18.7 Å². The van der Waals surface area contributed by atoms with Crippen molar-refractivity contribution in [3.63, 3.8) is 0 Å². The van der Waals surface area contributed by atoms with Gasteiger partial charge in [0.05, 0.1) is 25.0 Å². The summed E-state index contributed by atoms with van der Waals surface area (Å²) < 4.78 is 30.8. The molecule has 5 rings (SSSR count). The maximum absolute atomic E-state index is 14.1. The number of nitrogens with one attached hydrogen (secondary N) is 1. The minimum absolute atomic E-state index is 0.00200. The number of cyclic esters (lactones) is 1. The molecule has 14 heteroatoms. The second-order valence-electron chi connectivity index (χ2n) is 12.0. The summed E-state index contributed by atoms with van der Waals surface area (Å²) in [5.74, 6) is -0.0235. The predicted octanol–water partition coefficient (Wildman–Crippen LogP) is 2.19. The molecule has 2 aliphatic heterocycles. The standard InChI is InChI=1S/C27H37FN6O6Si/c1-16-20-7-17(8-21(20)22(28)11-29-16)30-10-18(35)9-19-13-33(27(37)40-19)23-12-31-26-25(32-23)34(24(36)14-39-26)15-38-5-6-41(2,3)4/h11-12,17-19,30,35H,5-10,13-15H2,1-4H3. The van der Waals surface area contributed by atoms with E-state index in [4.69, 9.17) is 14.2 Å². The lowest BCUT2D eigenvalue weighted by Gasteiger charge is -2.28. The predicted molar refractivity (Wildman–Crippen MR) is 150 cm³/mol. The number of fused-ring (bicyclic) bond motifs is 2. The van der Waals surface area contributed by atoms with Crippen LogP contribution in [0.4, 0.5) is 20.8 Å². The van der Waals surface area contributed by atoms with Gasteiger partial charge in [0, 0.05) is 39.4 Å². The smallest absolute Gasteiger partial charge is 0.415 e. The zero-order chi connectivity index (χ0) is 29.3. The number of hydrogen-bond donors (Lipinski definition) is 2. The number of nitrogens with zero attached hydrogens (tertiary/aromatic N) is 5. The Hall–Kier alpha value is -3.20. The number of anilines is 2. The van der Waals surface area contributed by atoms with E-state index in [0.717, 1.165) is 17.3 Å². The molecule has 1 saturated heterocycles. The number of aliphatic hydroxyl groups is 1. The summed E-state index contributed by atoms with van der Waals surface area (Å²) in [5, 5.41) is 14.0. The third-order valence-electron chi connectivity index (χ3n) is 7.50. The fourth-order valence-corrected chi connectivity index (χ4v) is 5.91. The SMILES string of the molecule is Cc1ncc(F)c2c1CC(NCC(O)CC1CN(c3cnc4c(n3)N(COCC[Si](C)(C)C)C(=O)CO4)C(=O)O1)C2. The molecule has 3 atom stereocenters. The Morgan fingerprint density at radius 2 is 2.00 bits per heavy atom. The van der Waals surface area contributed by atoms with Gasteiger partial charge in [-0.2, -0.15) is 0 Å². The number of amides is 2. The summed E-state index contributed by atoms with van der Waals surface area (Å²) in [6, 6.07) is 0.953. The van der Waals surface area contributed by atoms with Crippen LogP contribution in [-0.4, -0.2) is 91.4 Å². The monoisotopic (exact) mass is 588 g/mol. The van der Waals surface area contributed by atoms with E-state index in [1.165, 1.54) is 22.2 Å². The molecule has 4 heterocycles. The number of hydrogen-bond acceptors (Lipinski definition) is 10. The van der Waals surface area contributed by atoms with Crippen LogP contribution in [0.25, 0.3) is 0 Å². The van der Waals surface area contributed by atoms with Gasteiger partial charge < -0.3 is 24.6 Å². The Morgan fingerprint density at radius 1 is 1.22 bits per heavy atom. The normalized spacial score (nSPS) is 21.0. The van der Waals surface area contributed by atoms with E-state index in [9.17, 15) is 19.1 Å². The van der Waals surface area contributed by atoms with E-state index in [1.807, 2.05) is 6.92 Å². The van der Waals surface area contributed by atoms with Gasteiger partial charge in [-0.15, -0.1) is 0 Å². The highest BCUT2D eigenvalue weighted by Crippen LogP contribution is 2.32. The van der Waals surface area contributed by atoms with Crippen molar-refractivity contribution in [1.82, 2.24) is 20.3 Å². The van der Waals surface area contributed by atoms with Crippen LogP contribution in [0, 0.1) is 12.7 Å². The first-order chi connectivity index (χ1) is 19.5. The van der Waals surface area contributed by atoms with Crippen molar-refractivity contribution in [2.45, 2.75) is 70.1 Å². The topological polar surface area (TPSA) is 139 Å². The van der Waals surface area contributed by atoms with Gasteiger partial charge in [-0.25, -0.2) is 19.2 Å². The quantitative estimate of drug-likeness (QED) is 0.297. The first kappa shape index (κ1) is 29.3. The number of aliphatic hydroxyl groups excluding tert-OH is 1. The average molecular weight is 589 g/mol. The maximum atomic E-state index is 14.1. The molecule has 3 aliphatic rings. The number of pyridine rings is 1. The van der Waals surface area contributed by atoms with Crippen molar-refractivity contribution in [2.24, 2.45) is 0 Å². The summed E-state index contributed by atoms with van der Waals surface area (Å²) in [4.78, 5) is 40.9. The number of ether oxygens (including phenoxy) is 3. The van der Waals surface area contributed by atoms with Gasteiger partial charge in [0.15, 0.2) is 12.4 Å². The molecule has 222 valence electrons. The van der Waals surface area contributed by atoms with Gasteiger partial charge in [0.2, 0.25) is 5.82 Å². The van der Waals surface area contributed by atoms with Gasteiger partial charge >= 0.3 is 6.09 Å². The molecule has 1 aliphatic carbocycles. The van der Waals surface area contributed by atoms with E-state index in [1.54, 1.807) is 0 Å². The molecule has 0 bridgehead atoms. The van der Waals surface area contributed by atoms with Gasteiger partial charge in [-0.05, 0) is 36.9 Å². The number of carbonyl (C=O) groups excluding carboxylic acids is 2. The zero-order valence-electron chi connectivity index (χ0n) is 23.9. The van der Waals surface area contributed by atoms with Gasteiger partial charge in [-0.1, -0.05) is 19.6 Å². The van der Waals surface area contributed by atoms with Crippen molar-refractivity contribution >= 4 is 31.7 Å². The Morgan fingerprint density at radius 3 is 2.76 bits per heavy atom. The maximum Gasteiger partial charge on any atom is 0.415 e. The molecule has 0 aromatic carbocycles. The summed E-state index contributed by atoms with van der Waals surface area (Å²) in [6.45, 7) is 9.41. The highest BCUT2D eigenvalue weighted by Gasteiger charge is 2.37. The molecule has 2 amide bonds. The Bertz CT molecular complexity index is 1280. The largest absolute Gasteiger partial charge is 0.465 e. The van der Waals surface area contributed by atoms with Crippen molar-refractivity contribution in [2.75, 3.05) is 42.8 Å². The van der Waals surface area contributed by atoms with Gasteiger partial charge in [0.25, 0.3) is 11.8 Å². The average Bonchev–Trinajstić information content (AvgIpc) is 3.52. The number of carbonyl (C=O) groups is 2. The van der Waals surface area contributed by atoms with E-state index in [-0.39, 0.29) is 68.1 Å². The van der Waals surface area contributed by atoms with Crippen LogP contribution in [0.2, 0.25) is 25.7 Å². The lowest BCUT2D eigenvalue weighted by atomic mass is 10.1. The van der Waals surface area contributed by atoms with Crippen molar-refractivity contribution < 1.29 is 33.3 Å². The highest BCUT2D eigenvalue weighted by atomic mass is 28.3. The van der Waals surface area contributed by atoms with Crippen LogP contribution in [0.5, 0.6) is 5.88 Å². The number of rotatable bonds is 11.